The van der Waals surface area contributed by atoms with Gasteiger partial charge in [0.2, 0.25) is 5.95 Å². The number of anilines is 2. The van der Waals surface area contributed by atoms with Gasteiger partial charge in [-0.1, -0.05) is 12.1 Å². The molecule has 3 aliphatic rings. The van der Waals surface area contributed by atoms with Crippen LogP contribution in [0.5, 0.6) is 0 Å². The molecule has 3 aliphatic heterocycles. The Bertz CT molecular complexity index is 1260. The summed E-state index contributed by atoms with van der Waals surface area (Å²) in [5.74, 6) is 1.73. The number of nitrogens with zero attached hydrogens (tertiary/aromatic N) is 6. The van der Waals surface area contributed by atoms with Crippen LogP contribution in [0.2, 0.25) is 0 Å². The van der Waals surface area contributed by atoms with E-state index in [0.29, 0.717) is 60.3 Å². The van der Waals surface area contributed by atoms with Gasteiger partial charge in [0, 0.05) is 38.4 Å². The molecule has 210 valence electrons. The molecule has 11 heteroatoms. The van der Waals surface area contributed by atoms with Gasteiger partial charge < -0.3 is 24.6 Å². The van der Waals surface area contributed by atoms with Crippen LogP contribution in [0.3, 0.4) is 0 Å². The van der Waals surface area contributed by atoms with Crippen LogP contribution in [0.15, 0.2) is 30.3 Å². The number of aromatic nitrogens is 4. The zero-order valence-corrected chi connectivity index (χ0v) is 22.4. The van der Waals surface area contributed by atoms with Crippen LogP contribution < -0.4 is 10.2 Å². The standard InChI is InChI=1S/C28H37F2N7O2/c1-19-18-39-15-12-36(19)24-16-25(37-23-5-3-2-4-22(23)32-27(37)26(29)30)34-28(33-24)31-17-20-6-10-35(11-7-20)21-8-13-38-14-9-21/h2-5,16,19-21,26H,6-15,17-18H2,1H3,(H,31,33,34)/t19-/m1/s1. The number of imidazole rings is 1. The smallest absolute Gasteiger partial charge is 0.296 e. The Kier molecular flexibility index (Phi) is 7.90. The Balaban J connectivity index is 1.26. The summed E-state index contributed by atoms with van der Waals surface area (Å²) in [4.78, 5) is 18.6. The molecule has 0 spiro atoms. The number of piperidine rings is 1. The fourth-order valence-corrected chi connectivity index (χ4v) is 6.07. The number of para-hydroxylation sites is 2. The summed E-state index contributed by atoms with van der Waals surface area (Å²) >= 11 is 0. The number of benzene rings is 1. The molecule has 0 aliphatic carbocycles. The average Bonchev–Trinajstić information content (AvgIpc) is 3.37. The van der Waals surface area contributed by atoms with Gasteiger partial charge in [-0.3, -0.25) is 4.57 Å². The van der Waals surface area contributed by atoms with Crippen LogP contribution in [0.25, 0.3) is 16.9 Å². The highest BCUT2D eigenvalue weighted by Crippen LogP contribution is 2.30. The molecule has 0 amide bonds. The third-order valence-corrected chi connectivity index (χ3v) is 8.28. The van der Waals surface area contributed by atoms with E-state index in [4.69, 9.17) is 19.4 Å². The molecule has 0 bridgehead atoms. The molecular formula is C28H37F2N7O2. The van der Waals surface area contributed by atoms with Gasteiger partial charge in [-0.05, 0) is 63.7 Å². The number of fused-ring (bicyclic) bond motifs is 1. The molecule has 6 rings (SSSR count). The van der Waals surface area contributed by atoms with Crippen molar-refractivity contribution in [1.82, 2.24) is 24.4 Å². The van der Waals surface area contributed by atoms with Gasteiger partial charge in [0.25, 0.3) is 6.43 Å². The number of hydrogen-bond donors (Lipinski definition) is 1. The number of alkyl halides is 2. The van der Waals surface area contributed by atoms with Crippen molar-refractivity contribution in [3.63, 3.8) is 0 Å². The molecule has 0 unspecified atom stereocenters. The number of nitrogens with one attached hydrogen (secondary N) is 1. The van der Waals surface area contributed by atoms with Crippen LogP contribution in [-0.2, 0) is 9.47 Å². The van der Waals surface area contributed by atoms with Crippen molar-refractivity contribution in [2.75, 3.05) is 62.8 Å². The van der Waals surface area contributed by atoms with Crippen LogP contribution in [0, 0.1) is 5.92 Å². The first kappa shape index (κ1) is 26.3. The predicted molar refractivity (Wildman–Crippen MR) is 146 cm³/mol. The second-order valence-electron chi connectivity index (χ2n) is 10.8. The zero-order chi connectivity index (χ0) is 26.8. The molecule has 1 N–H and O–H groups in total. The Labute approximate surface area is 227 Å². The largest absolute Gasteiger partial charge is 0.381 e. The van der Waals surface area contributed by atoms with Gasteiger partial charge in [-0.25, -0.2) is 13.8 Å². The number of rotatable bonds is 7. The van der Waals surface area contributed by atoms with Crippen molar-refractivity contribution in [1.29, 1.82) is 0 Å². The molecule has 1 atom stereocenters. The first-order valence-corrected chi connectivity index (χ1v) is 14.1. The maximum Gasteiger partial charge on any atom is 0.296 e. The molecule has 39 heavy (non-hydrogen) atoms. The highest BCUT2D eigenvalue weighted by atomic mass is 19.3. The van der Waals surface area contributed by atoms with E-state index in [1.165, 1.54) is 4.57 Å². The van der Waals surface area contributed by atoms with E-state index in [1.54, 1.807) is 24.3 Å². The minimum absolute atomic E-state index is 0.109. The molecule has 3 saturated heterocycles. The molecule has 5 heterocycles. The van der Waals surface area contributed by atoms with E-state index < -0.39 is 6.43 Å². The molecule has 2 aromatic heterocycles. The molecule has 0 saturated carbocycles. The maximum absolute atomic E-state index is 14.1. The summed E-state index contributed by atoms with van der Waals surface area (Å²) in [6.45, 7) is 8.59. The molecule has 0 radical (unpaired) electrons. The van der Waals surface area contributed by atoms with Crippen molar-refractivity contribution in [2.45, 2.75) is 51.1 Å². The summed E-state index contributed by atoms with van der Waals surface area (Å²) in [5.41, 5.74) is 1.11. The van der Waals surface area contributed by atoms with Gasteiger partial charge in [0.15, 0.2) is 5.82 Å². The van der Waals surface area contributed by atoms with E-state index in [0.717, 1.165) is 58.5 Å². The second kappa shape index (κ2) is 11.7. The Morgan fingerprint density at radius 3 is 2.49 bits per heavy atom. The summed E-state index contributed by atoms with van der Waals surface area (Å²) in [7, 11) is 0. The van der Waals surface area contributed by atoms with Crippen LogP contribution in [0.4, 0.5) is 20.5 Å². The zero-order valence-electron chi connectivity index (χ0n) is 22.4. The van der Waals surface area contributed by atoms with Gasteiger partial charge in [-0.2, -0.15) is 9.97 Å². The summed E-state index contributed by atoms with van der Waals surface area (Å²) in [6, 6.07) is 9.71. The van der Waals surface area contributed by atoms with Crippen LogP contribution in [0.1, 0.15) is 44.9 Å². The minimum atomic E-state index is -2.74. The highest BCUT2D eigenvalue weighted by Gasteiger charge is 2.28. The third-order valence-electron chi connectivity index (χ3n) is 8.28. The fourth-order valence-electron chi connectivity index (χ4n) is 6.07. The summed E-state index contributed by atoms with van der Waals surface area (Å²) in [5, 5.41) is 3.46. The molecule has 3 fully saturated rings. The lowest BCUT2D eigenvalue weighted by atomic mass is 9.94. The topological polar surface area (TPSA) is 80.6 Å². The lowest BCUT2D eigenvalue weighted by Crippen LogP contribution is -2.45. The van der Waals surface area contributed by atoms with Crippen LogP contribution in [-0.4, -0.2) is 89.1 Å². The summed E-state index contributed by atoms with van der Waals surface area (Å²) in [6.07, 6.45) is 1.72. The second-order valence-corrected chi connectivity index (χ2v) is 10.8. The van der Waals surface area contributed by atoms with Crippen molar-refractivity contribution in [3.05, 3.63) is 36.2 Å². The monoisotopic (exact) mass is 541 g/mol. The number of likely N-dealkylation sites (tertiary alicyclic amines) is 1. The predicted octanol–water partition coefficient (Wildman–Crippen LogP) is 4.28. The fraction of sp³-hybridized carbons (Fsp3) is 0.607. The van der Waals surface area contributed by atoms with Gasteiger partial charge in [0.1, 0.15) is 11.6 Å². The van der Waals surface area contributed by atoms with Crippen molar-refractivity contribution < 1.29 is 18.3 Å². The van der Waals surface area contributed by atoms with Crippen molar-refractivity contribution in [2.24, 2.45) is 5.92 Å². The van der Waals surface area contributed by atoms with E-state index in [9.17, 15) is 8.78 Å². The number of hydrogen-bond acceptors (Lipinski definition) is 8. The normalized spacial score (nSPS) is 22.2. The summed E-state index contributed by atoms with van der Waals surface area (Å²) < 4.78 is 40.9. The minimum Gasteiger partial charge on any atom is -0.381 e. The Morgan fingerprint density at radius 2 is 1.72 bits per heavy atom. The first-order chi connectivity index (χ1) is 19.1. The number of morpholine rings is 1. The molecule has 1 aromatic carbocycles. The van der Waals surface area contributed by atoms with Gasteiger partial charge >= 0.3 is 0 Å². The van der Waals surface area contributed by atoms with E-state index in [2.05, 4.69) is 27.0 Å². The molecule has 3 aromatic rings. The lowest BCUT2D eigenvalue weighted by molar-refractivity contribution is 0.0219. The molecular weight excluding hydrogens is 504 g/mol. The Hall–Kier alpha value is -2.89. The van der Waals surface area contributed by atoms with E-state index >= 15 is 0 Å². The Morgan fingerprint density at radius 1 is 0.949 bits per heavy atom. The van der Waals surface area contributed by atoms with Gasteiger partial charge in [-0.15, -0.1) is 0 Å². The SMILES string of the molecule is C[C@@H]1COCCN1c1cc(-n2c(C(F)F)nc3ccccc32)nc(NCC2CCN(C3CCOCC3)CC2)n1. The van der Waals surface area contributed by atoms with Crippen molar-refractivity contribution in [3.8, 4) is 5.82 Å². The lowest BCUT2D eigenvalue weighted by Gasteiger charge is -2.39. The number of halogens is 2. The first-order valence-electron chi connectivity index (χ1n) is 14.1. The quantitative estimate of drug-likeness (QED) is 0.475. The maximum atomic E-state index is 14.1. The van der Waals surface area contributed by atoms with E-state index in [1.807, 2.05) is 6.07 Å². The van der Waals surface area contributed by atoms with Gasteiger partial charge in [0.05, 0.1) is 30.3 Å². The van der Waals surface area contributed by atoms with E-state index in [-0.39, 0.29) is 11.9 Å². The molecule has 9 nitrogen and oxygen atoms in total. The van der Waals surface area contributed by atoms with Crippen LogP contribution >= 0.6 is 0 Å². The average molecular weight is 542 g/mol. The van der Waals surface area contributed by atoms with Crippen molar-refractivity contribution >= 4 is 22.8 Å². The third kappa shape index (κ3) is 5.71. The number of ether oxygens (including phenoxy) is 2. The highest BCUT2D eigenvalue weighted by molar-refractivity contribution is 5.78.